The van der Waals surface area contributed by atoms with E-state index in [1.165, 1.54) is 10.4 Å². The molecule has 3 aromatic carbocycles. The average Bonchev–Trinajstić information content (AvgIpc) is 3.11. The van der Waals surface area contributed by atoms with Crippen LogP contribution in [-0.4, -0.2) is 20.4 Å². The van der Waals surface area contributed by atoms with Gasteiger partial charge >= 0.3 is 0 Å². The SMILES string of the molecule is Cc1cccc(C(C)C)c1NC(=O)c1cccc(S(=O)(=O)N2c3ccccc3CC2C)c1. The van der Waals surface area contributed by atoms with Gasteiger partial charge in [-0.1, -0.05) is 56.3 Å². The van der Waals surface area contributed by atoms with Crippen LogP contribution in [0.2, 0.25) is 0 Å². The van der Waals surface area contributed by atoms with Crippen molar-refractivity contribution in [2.45, 2.75) is 51.0 Å². The maximum absolute atomic E-state index is 13.5. The number of nitrogens with zero attached hydrogens (tertiary/aromatic N) is 1. The summed E-state index contributed by atoms with van der Waals surface area (Å²) in [6.07, 6.45) is 0.668. The van der Waals surface area contributed by atoms with E-state index in [9.17, 15) is 13.2 Å². The summed E-state index contributed by atoms with van der Waals surface area (Å²) < 4.78 is 28.5. The van der Waals surface area contributed by atoms with E-state index in [-0.39, 0.29) is 22.8 Å². The van der Waals surface area contributed by atoms with Crippen molar-refractivity contribution in [2.75, 3.05) is 9.62 Å². The number of nitrogens with one attached hydrogen (secondary N) is 1. The number of para-hydroxylation sites is 2. The Labute approximate surface area is 190 Å². The zero-order valence-corrected chi connectivity index (χ0v) is 19.6. The largest absolute Gasteiger partial charge is 0.321 e. The highest BCUT2D eigenvalue weighted by molar-refractivity contribution is 7.92. The zero-order valence-electron chi connectivity index (χ0n) is 18.8. The van der Waals surface area contributed by atoms with Crippen LogP contribution in [0.1, 0.15) is 53.7 Å². The number of hydrogen-bond acceptors (Lipinski definition) is 3. The van der Waals surface area contributed by atoms with Gasteiger partial charge in [-0.15, -0.1) is 0 Å². The second kappa shape index (κ2) is 8.43. The van der Waals surface area contributed by atoms with E-state index >= 15 is 0 Å². The molecule has 1 aliphatic rings. The minimum Gasteiger partial charge on any atom is -0.321 e. The molecule has 1 aliphatic heterocycles. The van der Waals surface area contributed by atoms with E-state index in [0.717, 1.165) is 22.4 Å². The summed E-state index contributed by atoms with van der Waals surface area (Å²) in [5, 5.41) is 3.00. The van der Waals surface area contributed by atoms with Crippen LogP contribution in [-0.2, 0) is 16.4 Å². The average molecular weight is 449 g/mol. The number of sulfonamides is 1. The molecule has 3 aromatic rings. The molecular formula is C26H28N2O3S. The van der Waals surface area contributed by atoms with Gasteiger partial charge in [0.25, 0.3) is 15.9 Å². The molecule has 1 heterocycles. The van der Waals surface area contributed by atoms with E-state index in [1.54, 1.807) is 18.2 Å². The minimum atomic E-state index is -3.81. The van der Waals surface area contributed by atoms with Gasteiger partial charge < -0.3 is 5.32 Å². The summed E-state index contributed by atoms with van der Waals surface area (Å²) in [6, 6.07) is 19.6. The predicted molar refractivity (Wildman–Crippen MR) is 129 cm³/mol. The number of aryl methyl sites for hydroxylation is 1. The molecule has 0 aliphatic carbocycles. The Hall–Kier alpha value is -3.12. The molecule has 1 unspecified atom stereocenters. The third-order valence-corrected chi connectivity index (χ3v) is 7.89. The zero-order chi connectivity index (χ0) is 23.0. The lowest BCUT2D eigenvalue weighted by molar-refractivity contribution is 0.102. The molecule has 5 nitrogen and oxygen atoms in total. The van der Waals surface area contributed by atoms with Crippen molar-refractivity contribution in [1.29, 1.82) is 0 Å². The number of carbonyl (C=O) groups excluding carboxylic acids is 1. The summed E-state index contributed by atoms with van der Waals surface area (Å²) in [5.41, 5.74) is 4.82. The molecule has 1 amide bonds. The van der Waals surface area contributed by atoms with Gasteiger partial charge in [0.1, 0.15) is 0 Å². The molecule has 0 saturated heterocycles. The van der Waals surface area contributed by atoms with Gasteiger partial charge in [0, 0.05) is 17.3 Å². The third kappa shape index (κ3) is 3.91. The summed E-state index contributed by atoms with van der Waals surface area (Å²) in [4.78, 5) is 13.2. The maximum atomic E-state index is 13.5. The molecule has 0 aromatic heterocycles. The van der Waals surface area contributed by atoms with E-state index in [1.807, 2.05) is 56.3 Å². The van der Waals surface area contributed by atoms with Crippen LogP contribution in [0.5, 0.6) is 0 Å². The van der Waals surface area contributed by atoms with E-state index < -0.39 is 10.0 Å². The van der Waals surface area contributed by atoms with Crippen LogP contribution in [0.4, 0.5) is 11.4 Å². The van der Waals surface area contributed by atoms with Gasteiger partial charge in [0.2, 0.25) is 0 Å². The van der Waals surface area contributed by atoms with Gasteiger partial charge in [-0.25, -0.2) is 8.42 Å². The molecular weight excluding hydrogens is 420 g/mol. The van der Waals surface area contributed by atoms with Crippen molar-refractivity contribution >= 4 is 27.3 Å². The van der Waals surface area contributed by atoms with E-state index in [2.05, 4.69) is 19.2 Å². The molecule has 166 valence electrons. The first kappa shape index (κ1) is 22.1. The molecule has 0 spiro atoms. The molecule has 1 atom stereocenters. The van der Waals surface area contributed by atoms with Crippen LogP contribution < -0.4 is 9.62 Å². The van der Waals surface area contributed by atoms with Crippen molar-refractivity contribution in [3.8, 4) is 0 Å². The Morgan fingerprint density at radius 3 is 2.50 bits per heavy atom. The molecule has 4 rings (SSSR count). The highest BCUT2D eigenvalue weighted by Crippen LogP contribution is 2.36. The summed E-state index contributed by atoms with van der Waals surface area (Å²) in [5.74, 6) is -0.0817. The van der Waals surface area contributed by atoms with Crippen molar-refractivity contribution in [2.24, 2.45) is 0 Å². The normalized spacial score (nSPS) is 15.7. The fourth-order valence-electron chi connectivity index (χ4n) is 4.34. The fourth-order valence-corrected chi connectivity index (χ4v) is 6.08. The Kier molecular flexibility index (Phi) is 5.82. The van der Waals surface area contributed by atoms with Gasteiger partial charge in [0.15, 0.2) is 0 Å². The van der Waals surface area contributed by atoms with Crippen molar-refractivity contribution in [1.82, 2.24) is 0 Å². The van der Waals surface area contributed by atoms with Gasteiger partial charge in [-0.05, 0) is 67.1 Å². The fraction of sp³-hybridized carbons (Fsp3) is 0.269. The Balaban J connectivity index is 1.67. The van der Waals surface area contributed by atoms with Crippen LogP contribution in [0.3, 0.4) is 0 Å². The molecule has 0 fully saturated rings. The Morgan fingerprint density at radius 1 is 1.03 bits per heavy atom. The minimum absolute atomic E-state index is 0.113. The van der Waals surface area contributed by atoms with Crippen LogP contribution >= 0.6 is 0 Å². The number of anilines is 2. The summed E-state index contributed by atoms with van der Waals surface area (Å²) in [7, 11) is -3.81. The summed E-state index contributed by atoms with van der Waals surface area (Å²) >= 11 is 0. The van der Waals surface area contributed by atoms with Crippen molar-refractivity contribution in [3.63, 3.8) is 0 Å². The third-order valence-electron chi connectivity index (χ3n) is 5.96. The smallest absolute Gasteiger partial charge is 0.264 e. The van der Waals surface area contributed by atoms with Crippen LogP contribution in [0.15, 0.2) is 71.6 Å². The quantitative estimate of drug-likeness (QED) is 0.560. The Morgan fingerprint density at radius 2 is 1.75 bits per heavy atom. The van der Waals surface area contributed by atoms with Gasteiger partial charge in [-0.2, -0.15) is 0 Å². The van der Waals surface area contributed by atoms with Crippen LogP contribution in [0, 0.1) is 6.92 Å². The molecule has 6 heteroatoms. The number of carbonyl (C=O) groups is 1. The predicted octanol–water partition coefficient (Wildman–Crippen LogP) is 5.51. The highest BCUT2D eigenvalue weighted by Gasteiger charge is 2.36. The molecule has 0 radical (unpaired) electrons. The van der Waals surface area contributed by atoms with Crippen LogP contribution in [0.25, 0.3) is 0 Å². The van der Waals surface area contributed by atoms with Crippen molar-refractivity contribution in [3.05, 3.63) is 89.0 Å². The molecule has 0 bridgehead atoms. The standard InChI is InChI=1S/C26H28N2O3S/c1-17(2)23-13-7-9-18(3)25(23)27-26(29)21-11-8-12-22(16-21)32(30,31)28-19(4)15-20-10-5-6-14-24(20)28/h5-14,16-17,19H,15H2,1-4H3,(H,27,29). The van der Waals surface area contributed by atoms with Gasteiger partial charge in [-0.3, -0.25) is 9.10 Å². The number of hydrogen-bond donors (Lipinski definition) is 1. The lowest BCUT2D eigenvalue weighted by Gasteiger charge is -2.24. The number of benzene rings is 3. The number of fused-ring (bicyclic) bond motifs is 1. The second-order valence-electron chi connectivity index (χ2n) is 8.66. The van der Waals surface area contributed by atoms with Gasteiger partial charge in [0.05, 0.1) is 10.6 Å². The van der Waals surface area contributed by atoms with E-state index in [4.69, 9.17) is 0 Å². The topological polar surface area (TPSA) is 66.5 Å². The second-order valence-corrected chi connectivity index (χ2v) is 10.5. The first-order valence-corrected chi connectivity index (χ1v) is 12.3. The molecule has 32 heavy (non-hydrogen) atoms. The number of rotatable bonds is 5. The monoisotopic (exact) mass is 448 g/mol. The lowest BCUT2D eigenvalue weighted by Crippen LogP contribution is -2.35. The Bertz CT molecular complexity index is 1280. The van der Waals surface area contributed by atoms with E-state index in [0.29, 0.717) is 17.7 Å². The molecule has 1 N–H and O–H groups in total. The molecule has 0 saturated carbocycles. The highest BCUT2D eigenvalue weighted by atomic mass is 32.2. The lowest BCUT2D eigenvalue weighted by atomic mass is 9.98. The first-order chi connectivity index (χ1) is 15.2. The van der Waals surface area contributed by atoms with Crippen molar-refractivity contribution < 1.29 is 13.2 Å². The summed E-state index contributed by atoms with van der Waals surface area (Å²) in [6.45, 7) is 8.01. The maximum Gasteiger partial charge on any atom is 0.264 e. The first-order valence-electron chi connectivity index (χ1n) is 10.8. The number of amides is 1.